The fourth-order valence-electron chi connectivity index (χ4n) is 4.75. The van der Waals surface area contributed by atoms with E-state index in [1.165, 1.54) is 64.2 Å². The van der Waals surface area contributed by atoms with Crippen molar-refractivity contribution in [2.45, 2.75) is 94.9 Å². The SMILES string of the molecule is CC1CCCC(CN)N1CC1CCC2(CCCCC2)O1. The minimum atomic E-state index is 0.264. The molecule has 20 heavy (non-hydrogen) atoms. The summed E-state index contributed by atoms with van der Waals surface area (Å²) >= 11 is 0. The molecule has 3 aliphatic rings. The monoisotopic (exact) mass is 280 g/mol. The van der Waals surface area contributed by atoms with Crippen molar-refractivity contribution in [1.82, 2.24) is 4.90 Å². The molecule has 2 N–H and O–H groups in total. The zero-order chi connectivity index (χ0) is 14.0. The molecule has 0 aromatic rings. The molecule has 3 fully saturated rings. The van der Waals surface area contributed by atoms with Crippen molar-refractivity contribution in [3.63, 3.8) is 0 Å². The van der Waals surface area contributed by atoms with Crippen LogP contribution in [0.4, 0.5) is 0 Å². The number of ether oxygens (including phenoxy) is 1. The van der Waals surface area contributed by atoms with E-state index in [1.54, 1.807) is 0 Å². The molecule has 0 aromatic carbocycles. The first-order valence-corrected chi connectivity index (χ1v) is 8.86. The van der Waals surface area contributed by atoms with Gasteiger partial charge in [0.2, 0.25) is 0 Å². The molecular formula is C17H32N2O. The lowest BCUT2D eigenvalue weighted by Gasteiger charge is -2.42. The predicted molar refractivity (Wildman–Crippen MR) is 82.8 cm³/mol. The topological polar surface area (TPSA) is 38.5 Å². The van der Waals surface area contributed by atoms with Crippen LogP contribution in [0.25, 0.3) is 0 Å². The maximum Gasteiger partial charge on any atom is 0.0710 e. The van der Waals surface area contributed by atoms with Crippen molar-refractivity contribution >= 4 is 0 Å². The Hall–Kier alpha value is -0.120. The quantitative estimate of drug-likeness (QED) is 0.863. The fraction of sp³-hybridized carbons (Fsp3) is 1.00. The van der Waals surface area contributed by atoms with Gasteiger partial charge in [-0.1, -0.05) is 25.7 Å². The molecule has 3 rings (SSSR count). The summed E-state index contributed by atoms with van der Waals surface area (Å²) < 4.78 is 6.55. The van der Waals surface area contributed by atoms with Crippen molar-refractivity contribution in [3.05, 3.63) is 0 Å². The number of piperidine rings is 1. The highest BCUT2D eigenvalue weighted by atomic mass is 16.5. The van der Waals surface area contributed by atoms with Crippen LogP contribution in [-0.2, 0) is 4.74 Å². The molecule has 2 aliphatic heterocycles. The molecule has 0 radical (unpaired) electrons. The Balaban J connectivity index is 1.57. The maximum atomic E-state index is 6.55. The summed E-state index contributed by atoms with van der Waals surface area (Å²) in [5.41, 5.74) is 6.25. The summed E-state index contributed by atoms with van der Waals surface area (Å²) in [5.74, 6) is 0. The first kappa shape index (κ1) is 14.8. The van der Waals surface area contributed by atoms with Crippen molar-refractivity contribution < 1.29 is 4.74 Å². The highest BCUT2D eigenvalue weighted by molar-refractivity contribution is 4.93. The van der Waals surface area contributed by atoms with Gasteiger partial charge in [-0.2, -0.15) is 0 Å². The number of nitrogens with zero attached hydrogens (tertiary/aromatic N) is 1. The van der Waals surface area contributed by atoms with Crippen LogP contribution in [0.1, 0.15) is 71.1 Å². The normalized spacial score (nSPS) is 38.4. The average molecular weight is 280 g/mol. The van der Waals surface area contributed by atoms with Gasteiger partial charge in [-0.3, -0.25) is 4.90 Å². The molecule has 3 nitrogen and oxygen atoms in total. The van der Waals surface area contributed by atoms with Crippen LogP contribution in [0.2, 0.25) is 0 Å². The van der Waals surface area contributed by atoms with Gasteiger partial charge < -0.3 is 10.5 Å². The molecule has 0 aromatic heterocycles. The van der Waals surface area contributed by atoms with Crippen LogP contribution in [0.3, 0.4) is 0 Å². The summed E-state index contributed by atoms with van der Waals surface area (Å²) in [5, 5.41) is 0. The standard InChI is InChI=1S/C17H32N2O/c1-14-6-5-7-15(12-18)19(14)13-16-8-11-17(20-16)9-3-2-4-10-17/h14-16H,2-13,18H2,1H3. The third kappa shape index (κ3) is 3.05. The second kappa shape index (κ2) is 6.33. The molecule has 1 saturated carbocycles. The van der Waals surface area contributed by atoms with Crippen LogP contribution in [0.15, 0.2) is 0 Å². The van der Waals surface area contributed by atoms with E-state index >= 15 is 0 Å². The lowest BCUT2D eigenvalue weighted by Crippen LogP contribution is -2.51. The number of nitrogens with two attached hydrogens (primary N) is 1. The average Bonchev–Trinajstić information content (AvgIpc) is 2.84. The second-order valence-electron chi connectivity index (χ2n) is 7.39. The number of likely N-dealkylation sites (tertiary alicyclic amines) is 1. The van der Waals surface area contributed by atoms with Gasteiger partial charge in [0.25, 0.3) is 0 Å². The molecule has 2 saturated heterocycles. The van der Waals surface area contributed by atoms with E-state index in [1.807, 2.05) is 0 Å². The van der Waals surface area contributed by atoms with Crippen LogP contribution < -0.4 is 5.73 Å². The maximum absolute atomic E-state index is 6.55. The lowest BCUT2D eigenvalue weighted by molar-refractivity contribution is -0.0808. The van der Waals surface area contributed by atoms with Crippen LogP contribution in [-0.4, -0.2) is 41.8 Å². The lowest BCUT2D eigenvalue weighted by atomic mass is 9.83. The Morgan fingerprint density at radius 1 is 1.05 bits per heavy atom. The van der Waals surface area contributed by atoms with Gasteiger partial charge >= 0.3 is 0 Å². The highest BCUT2D eigenvalue weighted by Crippen LogP contribution is 2.42. The molecule has 1 spiro atoms. The van der Waals surface area contributed by atoms with Gasteiger partial charge in [0.1, 0.15) is 0 Å². The second-order valence-corrected chi connectivity index (χ2v) is 7.39. The van der Waals surface area contributed by atoms with E-state index < -0.39 is 0 Å². The first-order valence-electron chi connectivity index (χ1n) is 8.86. The number of hydrogen-bond donors (Lipinski definition) is 1. The number of rotatable bonds is 3. The Kier molecular flexibility index (Phi) is 4.68. The van der Waals surface area contributed by atoms with Gasteiger partial charge in [0, 0.05) is 25.2 Å². The van der Waals surface area contributed by atoms with Gasteiger partial charge in [0.15, 0.2) is 0 Å². The molecule has 1 aliphatic carbocycles. The summed E-state index contributed by atoms with van der Waals surface area (Å²) in [7, 11) is 0. The largest absolute Gasteiger partial charge is 0.370 e. The van der Waals surface area contributed by atoms with Crippen LogP contribution in [0.5, 0.6) is 0 Å². The van der Waals surface area contributed by atoms with Gasteiger partial charge in [-0.05, 0) is 45.4 Å². The van der Waals surface area contributed by atoms with E-state index in [0.29, 0.717) is 18.2 Å². The van der Waals surface area contributed by atoms with E-state index in [4.69, 9.17) is 10.5 Å². The highest BCUT2D eigenvalue weighted by Gasteiger charge is 2.42. The zero-order valence-electron chi connectivity index (χ0n) is 13.2. The molecule has 3 unspecified atom stereocenters. The Labute approximate surface area is 124 Å². The number of hydrogen-bond acceptors (Lipinski definition) is 3. The van der Waals surface area contributed by atoms with Gasteiger partial charge in [0.05, 0.1) is 11.7 Å². The van der Waals surface area contributed by atoms with Gasteiger partial charge in [-0.25, -0.2) is 0 Å². The molecular weight excluding hydrogens is 248 g/mol. The predicted octanol–water partition coefficient (Wildman–Crippen LogP) is 3.07. The van der Waals surface area contributed by atoms with Crippen LogP contribution >= 0.6 is 0 Å². The Bertz CT molecular complexity index is 314. The third-order valence-electron chi connectivity index (χ3n) is 5.98. The molecule has 3 atom stereocenters. The Morgan fingerprint density at radius 2 is 1.85 bits per heavy atom. The molecule has 116 valence electrons. The van der Waals surface area contributed by atoms with Crippen molar-refractivity contribution in [3.8, 4) is 0 Å². The summed E-state index contributed by atoms with van der Waals surface area (Å²) in [4.78, 5) is 2.65. The Morgan fingerprint density at radius 3 is 2.60 bits per heavy atom. The van der Waals surface area contributed by atoms with Gasteiger partial charge in [-0.15, -0.1) is 0 Å². The molecule has 2 heterocycles. The zero-order valence-corrected chi connectivity index (χ0v) is 13.2. The van der Waals surface area contributed by atoms with E-state index in [9.17, 15) is 0 Å². The fourth-order valence-corrected chi connectivity index (χ4v) is 4.75. The summed E-state index contributed by atoms with van der Waals surface area (Å²) in [6.07, 6.45) is 13.7. The first-order chi connectivity index (χ1) is 9.72. The third-order valence-corrected chi connectivity index (χ3v) is 5.98. The smallest absolute Gasteiger partial charge is 0.0710 e. The van der Waals surface area contributed by atoms with E-state index in [0.717, 1.165) is 13.1 Å². The molecule has 0 amide bonds. The van der Waals surface area contributed by atoms with Crippen LogP contribution in [0, 0.1) is 0 Å². The van der Waals surface area contributed by atoms with E-state index in [-0.39, 0.29) is 5.60 Å². The minimum Gasteiger partial charge on any atom is -0.370 e. The molecule has 0 bridgehead atoms. The molecule has 3 heteroatoms. The van der Waals surface area contributed by atoms with Crippen molar-refractivity contribution in [2.24, 2.45) is 5.73 Å². The summed E-state index contributed by atoms with van der Waals surface area (Å²) in [6.45, 7) is 4.29. The minimum absolute atomic E-state index is 0.264. The van der Waals surface area contributed by atoms with Crippen molar-refractivity contribution in [2.75, 3.05) is 13.1 Å². The van der Waals surface area contributed by atoms with Crippen molar-refractivity contribution in [1.29, 1.82) is 0 Å². The summed E-state index contributed by atoms with van der Waals surface area (Å²) in [6, 6.07) is 1.27. The van der Waals surface area contributed by atoms with E-state index in [2.05, 4.69) is 11.8 Å².